The molecule has 0 spiro atoms. The Morgan fingerprint density at radius 2 is 1.24 bits per heavy atom. The smallest absolute Gasteiger partial charge is 0.132 e. The number of rotatable bonds is 3. The summed E-state index contributed by atoms with van der Waals surface area (Å²) in [6, 6.07) is 18.8. The monoisotopic (exact) mass is 227 g/mol. The third-order valence-electron chi connectivity index (χ3n) is 2.70. The molecule has 0 saturated heterocycles. The number of nitrogens with one attached hydrogen (secondary N) is 1. The highest BCUT2D eigenvalue weighted by Gasteiger charge is 2.10. The molecule has 2 nitrogen and oxygen atoms in total. The maximum absolute atomic E-state index is 3.38. The largest absolute Gasteiger partial charge is 0.356 e. The molecule has 2 rings (SSSR count). The molecule has 2 heteroatoms. The lowest BCUT2D eigenvalue weighted by Crippen LogP contribution is -2.34. The predicted molar refractivity (Wildman–Crippen MR) is 75.7 cm³/mol. The minimum Gasteiger partial charge on any atom is -0.356 e. The molecule has 0 bridgehead atoms. The quantitative estimate of drug-likeness (QED) is 0.790. The van der Waals surface area contributed by atoms with Crippen molar-refractivity contribution in [2.24, 2.45) is 0 Å². The van der Waals surface area contributed by atoms with Gasteiger partial charge < -0.3 is 5.32 Å². The van der Waals surface area contributed by atoms with Gasteiger partial charge in [-0.05, 0) is 24.3 Å². The molecular weight excluding hydrogens is 208 g/mol. The highest BCUT2D eigenvalue weighted by molar-refractivity contribution is 5.61. The van der Waals surface area contributed by atoms with Gasteiger partial charge in [0.05, 0.1) is 21.1 Å². The van der Waals surface area contributed by atoms with Crippen LogP contribution in [0.1, 0.15) is 0 Å². The van der Waals surface area contributed by atoms with E-state index in [0.717, 1.165) is 15.9 Å². The Bertz CT molecular complexity index is 467. The SMILES string of the molecule is C[N+](C)(C)c1ccc(Nc2ccccc2)cc1. The van der Waals surface area contributed by atoms with E-state index in [1.807, 2.05) is 18.2 Å². The zero-order valence-corrected chi connectivity index (χ0v) is 10.6. The number of benzene rings is 2. The van der Waals surface area contributed by atoms with Crippen molar-refractivity contribution in [2.75, 3.05) is 26.5 Å². The average Bonchev–Trinajstić information content (AvgIpc) is 2.30. The molecular formula is C15H19N2+. The van der Waals surface area contributed by atoms with Crippen molar-refractivity contribution in [2.45, 2.75) is 0 Å². The van der Waals surface area contributed by atoms with Crippen molar-refractivity contribution in [3.63, 3.8) is 0 Å². The summed E-state index contributed by atoms with van der Waals surface area (Å²) in [5, 5.41) is 3.38. The van der Waals surface area contributed by atoms with Crippen LogP contribution in [0.3, 0.4) is 0 Å². The fraction of sp³-hybridized carbons (Fsp3) is 0.200. The third-order valence-corrected chi connectivity index (χ3v) is 2.70. The van der Waals surface area contributed by atoms with E-state index in [9.17, 15) is 0 Å². The topological polar surface area (TPSA) is 12.0 Å². The maximum Gasteiger partial charge on any atom is 0.132 e. The summed E-state index contributed by atoms with van der Waals surface area (Å²) >= 11 is 0. The third kappa shape index (κ3) is 3.08. The van der Waals surface area contributed by atoms with Crippen molar-refractivity contribution in [3.05, 3.63) is 54.6 Å². The number of quaternary nitrogens is 1. The highest BCUT2D eigenvalue weighted by Crippen LogP contribution is 2.22. The summed E-state index contributed by atoms with van der Waals surface area (Å²) in [4.78, 5) is 0. The van der Waals surface area contributed by atoms with Gasteiger partial charge in [-0.1, -0.05) is 18.2 Å². The lowest BCUT2D eigenvalue weighted by molar-refractivity contribution is 0.486. The molecule has 0 aliphatic carbocycles. The van der Waals surface area contributed by atoms with Crippen molar-refractivity contribution in [1.29, 1.82) is 0 Å². The molecule has 0 fully saturated rings. The van der Waals surface area contributed by atoms with Gasteiger partial charge in [0.25, 0.3) is 0 Å². The average molecular weight is 227 g/mol. The molecule has 2 aromatic carbocycles. The minimum atomic E-state index is 0.839. The Morgan fingerprint density at radius 3 is 1.76 bits per heavy atom. The number of para-hydroxylation sites is 1. The lowest BCUT2D eigenvalue weighted by atomic mass is 10.2. The highest BCUT2D eigenvalue weighted by atomic mass is 15.3. The molecule has 17 heavy (non-hydrogen) atoms. The first-order chi connectivity index (χ1) is 8.05. The summed E-state index contributed by atoms with van der Waals surface area (Å²) < 4.78 is 0.839. The van der Waals surface area contributed by atoms with Crippen molar-refractivity contribution >= 4 is 17.1 Å². The van der Waals surface area contributed by atoms with Gasteiger partial charge >= 0.3 is 0 Å². The van der Waals surface area contributed by atoms with Gasteiger partial charge in [-0.15, -0.1) is 0 Å². The summed E-state index contributed by atoms with van der Waals surface area (Å²) in [6.45, 7) is 0. The molecule has 88 valence electrons. The summed E-state index contributed by atoms with van der Waals surface area (Å²) in [6.07, 6.45) is 0. The number of anilines is 2. The molecule has 0 atom stereocenters. The van der Waals surface area contributed by atoms with Gasteiger partial charge in [0.15, 0.2) is 0 Å². The fourth-order valence-electron chi connectivity index (χ4n) is 1.68. The molecule has 2 aromatic rings. The van der Waals surface area contributed by atoms with Gasteiger partial charge in [0.2, 0.25) is 0 Å². The predicted octanol–water partition coefficient (Wildman–Crippen LogP) is 3.63. The summed E-state index contributed by atoms with van der Waals surface area (Å²) in [5.41, 5.74) is 3.53. The summed E-state index contributed by atoms with van der Waals surface area (Å²) in [7, 11) is 6.50. The molecule has 0 aliphatic rings. The van der Waals surface area contributed by atoms with Crippen LogP contribution >= 0.6 is 0 Å². The second-order valence-corrected chi connectivity index (χ2v) is 5.05. The minimum absolute atomic E-state index is 0.839. The van der Waals surface area contributed by atoms with Crippen LogP contribution in [-0.4, -0.2) is 21.1 Å². The Hall–Kier alpha value is -1.80. The van der Waals surface area contributed by atoms with E-state index in [0.29, 0.717) is 0 Å². The molecule has 1 N–H and O–H groups in total. The maximum atomic E-state index is 3.38. The van der Waals surface area contributed by atoms with Crippen LogP contribution in [0, 0.1) is 0 Å². The van der Waals surface area contributed by atoms with Gasteiger partial charge in [-0.3, -0.25) is 4.48 Å². The van der Waals surface area contributed by atoms with Crippen LogP contribution in [0.2, 0.25) is 0 Å². The second kappa shape index (κ2) is 4.60. The van der Waals surface area contributed by atoms with E-state index in [1.54, 1.807) is 0 Å². The van der Waals surface area contributed by atoms with Crippen LogP contribution in [0.4, 0.5) is 17.1 Å². The number of hydrogen-bond acceptors (Lipinski definition) is 1. The Labute approximate surface area is 103 Å². The molecule has 0 saturated carbocycles. The van der Waals surface area contributed by atoms with Gasteiger partial charge in [-0.2, -0.15) is 0 Å². The Balaban J connectivity index is 2.14. The first-order valence-corrected chi connectivity index (χ1v) is 5.80. The van der Waals surface area contributed by atoms with Crippen molar-refractivity contribution < 1.29 is 0 Å². The van der Waals surface area contributed by atoms with Crippen LogP contribution in [0.15, 0.2) is 54.6 Å². The van der Waals surface area contributed by atoms with Crippen molar-refractivity contribution in [3.8, 4) is 0 Å². The van der Waals surface area contributed by atoms with Crippen LogP contribution < -0.4 is 9.80 Å². The Morgan fingerprint density at radius 1 is 0.706 bits per heavy atom. The fourth-order valence-corrected chi connectivity index (χ4v) is 1.68. The zero-order valence-electron chi connectivity index (χ0n) is 10.6. The van der Waals surface area contributed by atoms with Crippen LogP contribution in [0.5, 0.6) is 0 Å². The number of hydrogen-bond donors (Lipinski definition) is 1. The number of nitrogens with zero attached hydrogens (tertiary/aromatic N) is 1. The Kier molecular flexibility index (Phi) is 3.16. The summed E-state index contributed by atoms with van der Waals surface area (Å²) in [5.74, 6) is 0. The van der Waals surface area contributed by atoms with Crippen LogP contribution in [-0.2, 0) is 0 Å². The molecule has 0 aromatic heterocycles. The lowest BCUT2D eigenvalue weighted by Gasteiger charge is -2.23. The van der Waals surface area contributed by atoms with Gasteiger partial charge in [-0.25, -0.2) is 0 Å². The molecule has 0 amide bonds. The standard InChI is InChI=1S/C15H19N2/c1-17(2,3)15-11-9-14(10-12-15)16-13-7-5-4-6-8-13/h4-12,16H,1-3H3/q+1. The van der Waals surface area contributed by atoms with E-state index in [-0.39, 0.29) is 0 Å². The van der Waals surface area contributed by atoms with E-state index >= 15 is 0 Å². The molecule has 0 radical (unpaired) electrons. The molecule has 0 unspecified atom stereocenters. The molecule has 0 aliphatic heterocycles. The van der Waals surface area contributed by atoms with E-state index in [4.69, 9.17) is 0 Å². The van der Waals surface area contributed by atoms with E-state index in [2.05, 4.69) is 62.9 Å². The van der Waals surface area contributed by atoms with Crippen LogP contribution in [0.25, 0.3) is 0 Å². The first-order valence-electron chi connectivity index (χ1n) is 5.80. The zero-order chi connectivity index (χ0) is 12.3. The second-order valence-electron chi connectivity index (χ2n) is 5.05. The van der Waals surface area contributed by atoms with E-state index < -0.39 is 0 Å². The van der Waals surface area contributed by atoms with Gasteiger partial charge in [0, 0.05) is 23.5 Å². The molecule has 0 heterocycles. The first kappa shape index (κ1) is 11.7. The van der Waals surface area contributed by atoms with E-state index in [1.165, 1.54) is 5.69 Å². The van der Waals surface area contributed by atoms with Gasteiger partial charge in [0.1, 0.15) is 5.69 Å². The normalized spacial score (nSPS) is 11.2. The van der Waals surface area contributed by atoms with Crippen molar-refractivity contribution in [1.82, 2.24) is 4.48 Å².